The lowest BCUT2D eigenvalue weighted by molar-refractivity contribution is 0.166. The zero-order valence-corrected chi connectivity index (χ0v) is 16.2. The molecule has 1 N–H and O–H groups in total. The summed E-state index contributed by atoms with van der Waals surface area (Å²) in [5.41, 5.74) is 2.12. The van der Waals surface area contributed by atoms with E-state index in [2.05, 4.69) is 57.2 Å². The molecule has 1 rings (SSSR count). The quantitative estimate of drug-likeness (QED) is 0.775. The molecule has 0 saturated heterocycles. The minimum atomic E-state index is -1.85. The Bertz CT molecular complexity index is 489. The number of hydrogen-bond acceptors (Lipinski definition) is 4. The third-order valence-electron chi connectivity index (χ3n) is 4.15. The van der Waals surface area contributed by atoms with Crippen LogP contribution in [-0.4, -0.2) is 31.1 Å². The average molecular weight is 328 g/mol. The highest BCUT2D eigenvalue weighted by Gasteiger charge is 2.39. The second-order valence-corrected chi connectivity index (χ2v) is 12.9. The smallest absolute Gasteiger partial charge is 0.192 e. The van der Waals surface area contributed by atoms with Crippen LogP contribution >= 0.6 is 11.3 Å². The van der Waals surface area contributed by atoms with Crippen LogP contribution in [0, 0.1) is 6.92 Å². The first-order valence-electron chi connectivity index (χ1n) is 7.46. The van der Waals surface area contributed by atoms with E-state index in [4.69, 9.17) is 4.43 Å². The largest absolute Gasteiger partial charge is 0.410 e. The van der Waals surface area contributed by atoms with Crippen molar-refractivity contribution in [1.82, 2.24) is 4.98 Å². The first-order chi connectivity index (χ1) is 9.56. The van der Waals surface area contributed by atoms with Gasteiger partial charge in [-0.1, -0.05) is 20.8 Å². The van der Waals surface area contributed by atoms with Crippen LogP contribution in [-0.2, 0) is 4.43 Å². The van der Waals surface area contributed by atoms with E-state index in [-0.39, 0.29) is 17.7 Å². The summed E-state index contributed by atoms with van der Waals surface area (Å²) in [5, 5.41) is 12.6. The fourth-order valence-electron chi connectivity index (χ4n) is 1.80. The Kier molecular flexibility index (Phi) is 6.34. The van der Waals surface area contributed by atoms with E-state index in [1.54, 1.807) is 11.3 Å². The standard InChI is InChI=1S/C16H29NO2SSi/c1-12(10-14-11-20-13(2)17-14)15(8-9-18)19-21(6,7)16(3,4)5/h10-11,15,18H,8-9H2,1-7H3/t15-/m0/s1. The van der Waals surface area contributed by atoms with Crippen molar-refractivity contribution in [3.05, 3.63) is 21.7 Å². The van der Waals surface area contributed by atoms with E-state index in [1.807, 2.05) is 6.92 Å². The monoisotopic (exact) mass is 327 g/mol. The van der Waals surface area contributed by atoms with Crippen molar-refractivity contribution in [2.45, 2.75) is 65.3 Å². The van der Waals surface area contributed by atoms with E-state index >= 15 is 0 Å². The van der Waals surface area contributed by atoms with Gasteiger partial charge in [0.15, 0.2) is 8.32 Å². The molecule has 0 amide bonds. The molecular weight excluding hydrogens is 298 g/mol. The molecule has 0 aromatic carbocycles. The zero-order valence-electron chi connectivity index (χ0n) is 14.4. The molecular formula is C16H29NO2SSi. The van der Waals surface area contributed by atoms with E-state index in [0.29, 0.717) is 6.42 Å². The predicted octanol–water partition coefficient (Wildman–Crippen LogP) is 4.63. The number of nitrogens with zero attached hydrogens (tertiary/aromatic N) is 1. The molecule has 1 aromatic rings. The summed E-state index contributed by atoms with van der Waals surface area (Å²) >= 11 is 1.65. The van der Waals surface area contributed by atoms with Crippen LogP contribution in [0.5, 0.6) is 0 Å². The van der Waals surface area contributed by atoms with E-state index in [9.17, 15) is 5.11 Å². The average Bonchev–Trinajstić information content (AvgIpc) is 2.72. The van der Waals surface area contributed by atoms with Gasteiger partial charge >= 0.3 is 0 Å². The first-order valence-corrected chi connectivity index (χ1v) is 11.2. The Morgan fingerprint density at radius 1 is 1.48 bits per heavy atom. The molecule has 1 heterocycles. The summed E-state index contributed by atoms with van der Waals surface area (Å²) in [5.74, 6) is 0. The number of hydrogen-bond donors (Lipinski definition) is 1. The maximum atomic E-state index is 9.35. The lowest BCUT2D eigenvalue weighted by Crippen LogP contribution is -2.44. The number of aliphatic hydroxyl groups is 1. The van der Waals surface area contributed by atoms with Gasteiger partial charge in [-0.15, -0.1) is 11.3 Å². The third kappa shape index (κ3) is 5.33. The van der Waals surface area contributed by atoms with Crippen molar-refractivity contribution in [3.63, 3.8) is 0 Å². The second kappa shape index (κ2) is 7.18. The summed E-state index contributed by atoms with van der Waals surface area (Å²) in [6.45, 7) is 15.4. The Morgan fingerprint density at radius 3 is 2.52 bits per heavy atom. The Labute approximate surface area is 134 Å². The van der Waals surface area contributed by atoms with Crippen LogP contribution in [0.15, 0.2) is 11.0 Å². The summed E-state index contributed by atoms with van der Waals surface area (Å²) in [6.07, 6.45) is 2.69. The maximum absolute atomic E-state index is 9.35. The Balaban J connectivity index is 2.93. The summed E-state index contributed by atoms with van der Waals surface area (Å²) in [6, 6.07) is 0. The Morgan fingerprint density at radius 2 is 2.10 bits per heavy atom. The highest BCUT2D eigenvalue weighted by Crippen LogP contribution is 2.38. The molecule has 0 unspecified atom stereocenters. The van der Waals surface area contributed by atoms with Gasteiger partial charge in [-0.3, -0.25) is 0 Å². The lowest BCUT2D eigenvalue weighted by atomic mass is 10.1. The highest BCUT2D eigenvalue weighted by molar-refractivity contribution is 7.09. The van der Waals surface area contributed by atoms with E-state index < -0.39 is 8.32 Å². The third-order valence-corrected chi connectivity index (χ3v) is 9.43. The van der Waals surface area contributed by atoms with Gasteiger partial charge in [-0.05, 0) is 50.0 Å². The molecule has 1 atom stereocenters. The zero-order chi connectivity index (χ0) is 16.3. The van der Waals surface area contributed by atoms with Gasteiger partial charge in [0.25, 0.3) is 0 Å². The number of thiazole rings is 1. The minimum absolute atomic E-state index is 0.0297. The number of aromatic nitrogens is 1. The molecule has 0 aliphatic carbocycles. The minimum Gasteiger partial charge on any atom is -0.410 e. The van der Waals surface area contributed by atoms with Crippen molar-refractivity contribution < 1.29 is 9.53 Å². The molecule has 21 heavy (non-hydrogen) atoms. The summed E-state index contributed by atoms with van der Waals surface area (Å²) < 4.78 is 6.47. The molecule has 0 aliphatic rings. The molecule has 0 saturated carbocycles. The van der Waals surface area contributed by atoms with Crippen molar-refractivity contribution in [1.29, 1.82) is 0 Å². The van der Waals surface area contributed by atoms with Gasteiger partial charge < -0.3 is 9.53 Å². The number of aliphatic hydroxyl groups excluding tert-OH is 1. The molecule has 0 radical (unpaired) electrons. The normalized spacial score (nSPS) is 15.3. The molecule has 3 nitrogen and oxygen atoms in total. The van der Waals surface area contributed by atoms with Gasteiger partial charge in [0.05, 0.1) is 16.8 Å². The highest BCUT2D eigenvalue weighted by atomic mass is 32.1. The number of aryl methyl sites for hydroxylation is 1. The van der Waals surface area contributed by atoms with E-state index in [1.165, 1.54) is 0 Å². The van der Waals surface area contributed by atoms with Gasteiger partial charge in [-0.25, -0.2) is 4.98 Å². The van der Waals surface area contributed by atoms with Crippen LogP contribution in [0.1, 0.15) is 44.8 Å². The SMILES string of the molecule is CC(=Cc1csc(C)n1)[C@H](CCO)O[Si](C)(C)C(C)(C)C. The summed E-state index contributed by atoms with van der Waals surface area (Å²) in [7, 11) is -1.85. The maximum Gasteiger partial charge on any atom is 0.192 e. The van der Waals surface area contributed by atoms with Crippen molar-refractivity contribution in [2.75, 3.05) is 6.61 Å². The summed E-state index contributed by atoms with van der Waals surface area (Å²) in [4.78, 5) is 4.47. The molecule has 0 aliphatic heterocycles. The van der Waals surface area contributed by atoms with Gasteiger partial charge in [0.2, 0.25) is 0 Å². The predicted molar refractivity (Wildman–Crippen MR) is 94.3 cm³/mol. The molecule has 0 fully saturated rings. The topological polar surface area (TPSA) is 42.4 Å². The molecule has 0 bridgehead atoms. The fraction of sp³-hybridized carbons (Fsp3) is 0.688. The van der Waals surface area contributed by atoms with Crippen molar-refractivity contribution in [2.24, 2.45) is 0 Å². The van der Waals surface area contributed by atoms with E-state index in [0.717, 1.165) is 16.3 Å². The van der Waals surface area contributed by atoms with Crippen LogP contribution < -0.4 is 0 Å². The molecule has 5 heteroatoms. The van der Waals surface area contributed by atoms with Crippen molar-refractivity contribution in [3.8, 4) is 0 Å². The van der Waals surface area contributed by atoms with Crippen LogP contribution in [0.4, 0.5) is 0 Å². The number of rotatable bonds is 6. The van der Waals surface area contributed by atoms with Crippen LogP contribution in [0.2, 0.25) is 18.1 Å². The molecule has 0 spiro atoms. The lowest BCUT2D eigenvalue weighted by Gasteiger charge is -2.39. The molecule has 120 valence electrons. The van der Waals surface area contributed by atoms with Gasteiger partial charge in [-0.2, -0.15) is 0 Å². The first kappa shape index (κ1) is 18.6. The van der Waals surface area contributed by atoms with Crippen molar-refractivity contribution >= 4 is 25.7 Å². The Hall–Kier alpha value is -0.493. The van der Waals surface area contributed by atoms with Crippen LogP contribution in [0.25, 0.3) is 6.08 Å². The molecule has 1 aromatic heterocycles. The van der Waals surface area contributed by atoms with Crippen LogP contribution in [0.3, 0.4) is 0 Å². The van der Waals surface area contributed by atoms with Gasteiger partial charge in [0, 0.05) is 12.0 Å². The second-order valence-electron chi connectivity index (χ2n) is 7.06. The fourth-order valence-corrected chi connectivity index (χ4v) is 3.74. The van der Waals surface area contributed by atoms with Gasteiger partial charge in [0.1, 0.15) is 0 Å².